The van der Waals surface area contributed by atoms with Gasteiger partial charge in [-0.2, -0.15) is 0 Å². The van der Waals surface area contributed by atoms with Crippen LogP contribution in [0.2, 0.25) is 0 Å². The lowest BCUT2D eigenvalue weighted by molar-refractivity contribution is -0.116. The molecular weight excluding hydrogens is 263 g/mol. The minimum atomic E-state index is -1.28. The monoisotopic (exact) mass is 282 g/mol. The molecular formula is C14H19FN2O3. The average molecular weight is 282 g/mol. The molecule has 0 aromatic heterocycles. The van der Waals surface area contributed by atoms with E-state index in [1.165, 1.54) is 12.1 Å². The van der Waals surface area contributed by atoms with Crippen molar-refractivity contribution in [3.05, 3.63) is 29.6 Å². The minimum Gasteiger partial charge on any atom is -0.478 e. The maximum absolute atomic E-state index is 13.6. The molecule has 0 heterocycles. The lowest BCUT2D eigenvalue weighted by atomic mass is 10.1. The highest BCUT2D eigenvalue weighted by molar-refractivity contribution is 6.00. The van der Waals surface area contributed by atoms with Crippen molar-refractivity contribution < 1.29 is 19.1 Å². The summed E-state index contributed by atoms with van der Waals surface area (Å²) in [5.41, 5.74) is 4.84. The smallest absolute Gasteiger partial charge is 0.337 e. The summed E-state index contributed by atoms with van der Waals surface area (Å²) in [5, 5.41) is 11.3. The summed E-state index contributed by atoms with van der Waals surface area (Å²) < 4.78 is 13.6. The number of carboxylic acid groups (broad SMARTS) is 1. The molecule has 0 saturated carbocycles. The quantitative estimate of drug-likeness (QED) is 0.638. The fourth-order valence-electron chi connectivity index (χ4n) is 1.81. The summed E-state index contributed by atoms with van der Waals surface area (Å²) in [6.45, 7) is 0.628. The molecule has 0 unspecified atom stereocenters. The SMILES string of the molecule is NCCCCCCC(=O)Nc1c(F)cccc1C(=O)O. The molecule has 5 nitrogen and oxygen atoms in total. The number of halogens is 1. The van der Waals surface area contributed by atoms with Crippen molar-refractivity contribution in [2.75, 3.05) is 11.9 Å². The summed E-state index contributed by atoms with van der Waals surface area (Å²) in [7, 11) is 0. The van der Waals surface area contributed by atoms with E-state index >= 15 is 0 Å². The van der Waals surface area contributed by atoms with Crippen LogP contribution in [-0.4, -0.2) is 23.5 Å². The van der Waals surface area contributed by atoms with Crippen molar-refractivity contribution in [3.63, 3.8) is 0 Å². The van der Waals surface area contributed by atoms with E-state index in [4.69, 9.17) is 10.8 Å². The highest BCUT2D eigenvalue weighted by Gasteiger charge is 2.16. The van der Waals surface area contributed by atoms with Crippen molar-refractivity contribution in [1.29, 1.82) is 0 Å². The Kier molecular flexibility index (Phi) is 6.66. The van der Waals surface area contributed by atoms with E-state index < -0.39 is 11.8 Å². The summed E-state index contributed by atoms with van der Waals surface area (Å²) in [4.78, 5) is 22.6. The zero-order valence-electron chi connectivity index (χ0n) is 11.2. The molecule has 0 radical (unpaired) electrons. The second-order valence-corrected chi connectivity index (χ2v) is 4.47. The van der Waals surface area contributed by atoms with Gasteiger partial charge in [0.2, 0.25) is 5.91 Å². The van der Waals surface area contributed by atoms with Gasteiger partial charge in [-0.3, -0.25) is 4.79 Å². The first kappa shape index (κ1) is 16.1. The van der Waals surface area contributed by atoms with Crippen LogP contribution in [-0.2, 0) is 4.79 Å². The van der Waals surface area contributed by atoms with Crippen LogP contribution < -0.4 is 11.1 Å². The van der Waals surface area contributed by atoms with Crippen LogP contribution in [0.25, 0.3) is 0 Å². The molecule has 0 spiro atoms. The molecule has 20 heavy (non-hydrogen) atoms. The summed E-state index contributed by atoms with van der Waals surface area (Å²) in [5.74, 6) is -2.41. The van der Waals surface area contributed by atoms with Gasteiger partial charge < -0.3 is 16.2 Å². The normalized spacial score (nSPS) is 10.3. The highest BCUT2D eigenvalue weighted by Crippen LogP contribution is 2.20. The van der Waals surface area contributed by atoms with Crippen LogP contribution in [0.15, 0.2) is 18.2 Å². The van der Waals surface area contributed by atoms with E-state index in [0.29, 0.717) is 13.0 Å². The largest absolute Gasteiger partial charge is 0.478 e. The van der Waals surface area contributed by atoms with Gasteiger partial charge in [0.25, 0.3) is 0 Å². The molecule has 0 atom stereocenters. The number of carbonyl (C=O) groups is 2. The third kappa shape index (κ3) is 4.97. The minimum absolute atomic E-state index is 0.234. The Morgan fingerprint density at radius 1 is 1.20 bits per heavy atom. The molecule has 4 N–H and O–H groups in total. The van der Waals surface area contributed by atoms with Crippen molar-refractivity contribution in [2.45, 2.75) is 32.1 Å². The molecule has 110 valence electrons. The molecule has 6 heteroatoms. The standard InChI is InChI=1S/C14H19FN2O3/c15-11-7-5-6-10(14(19)20)13(11)17-12(18)8-3-1-2-4-9-16/h5-7H,1-4,8-9,16H2,(H,17,18)(H,19,20). The molecule has 0 bridgehead atoms. The predicted octanol–water partition coefficient (Wildman–Crippen LogP) is 2.37. The van der Waals surface area contributed by atoms with Crippen LogP contribution in [0.3, 0.4) is 0 Å². The predicted molar refractivity (Wildman–Crippen MR) is 74.1 cm³/mol. The van der Waals surface area contributed by atoms with E-state index in [1.807, 2.05) is 0 Å². The van der Waals surface area contributed by atoms with E-state index in [9.17, 15) is 14.0 Å². The fraction of sp³-hybridized carbons (Fsp3) is 0.429. The van der Waals surface area contributed by atoms with Crippen LogP contribution in [0, 0.1) is 5.82 Å². The second kappa shape index (κ2) is 8.27. The maximum Gasteiger partial charge on any atom is 0.337 e. The van der Waals surface area contributed by atoms with Crippen molar-refractivity contribution in [1.82, 2.24) is 0 Å². The number of nitrogens with two attached hydrogens (primary N) is 1. The Hall–Kier alpha value is -1.95. The van der Waals surface area contributed by atoms with Gasteiger partial charge in [0, 0.05) is 6.42 Å². The van der Waals surface area contributed by atoms with Gasteiger partial charge in [0.05, 0.1) is 11.3 Å². The Morgan fingerprint density at radius 2 is 1.90 bits per heavy atom. The van der Waals surface area contributed by atoms with E-state index in [0.717, 1.165) is 25.3 Å². The van der Waals surface area contributed by atoms with E-state index in [2.05, 4.69) is 5.32 Å². The second-order valence-electron chi connectivity index (χ2n) is 4.47. The number of nitrogens with one attached hydrogen (secondary N) is 1. The Bertz CT molecular complexity index is 477. The Morgan fingerprint density at radius 3 is 2.55 bits per heavy atom. The summed E-state index contributed by atoms with van der Waals surface area (Å²) in [6, 6.07) is 3.66. The Labute approximate surface area is 117 Å². The first-order chi connectivity index (χ1) is 9.56. The number of unbranched alkanes of at least 4 members (excludes halogenated alkanes) is 3. The number of carboxylic acids is 1. The molecule has 0 aliphatic rings. The average Bonchev–Trinajstić information content (AvgIpc) is 2.40. The van der Waals surface area contributed by atoms with Crippen LogP contribution in [0.1, 0.15) is 42.5 Å². The summed E-state index contributed by atoms with van der Waals surface area (Å²) >= 11 is 0. The molecule has 0 fully saturated rings. The van der Waals surface area contributed by atoms with Gasteiger partial charge >= 0.3 is 5.97 Å². The van der Waals surface area contributed by atoms with Gasteiger partial charge in [-0.25, -0.2) is 9.18 Å². The topological polar surface area (TPSA) is 92.4 Å². The molecule has 1 aromatic rings. The number of aromatic carboxylic acids is 1. The molecule has 1 amide bonds. The van der Waals surface area contributed by atoms with Gasteiger partial charge in [0.1, 0.15) is 5.82 Å². The number of benzene rings is 1. The molecule has 0 saturated heterocycles. The van der Waals surface area contributed by atoms with Gasteiger partial charge in [0.15, 0.2) is 0 Å². The zero-order chi connectivity index (χ0) is 15.0. The highest BCUT2D eigenvalue weighted by atomic mass is 19.1. The number of amides is 1. The summed E-state index contributed by atoms with van der Waals surface area (Å²) in [6.07, 6.45) is 3.64. The van der Waals surface area contributed by atoms with E-state index in [1.54, 1.807) is 0 Å². The molecule has 0 aliphatic carbocycles. The van der Waals surface area contributed by atoms with Crippen molar-refractivity contribution >= 4 is 17.6 Å². The zero-order valence-corrected chi connectivity index (χ0v) is 11.2. The van der Waals surface area contributed by atoms with E-state index in [-0.39, 0.29) is 23.6 Å². The first-order valence-electron chi connectivity index (χ1n) is 6.58. The Balaban J connectivity index is 2.55. The molecule has 0 aliphatic heterocycles. The lowest BCUT2D eigenvalue weighted by Gasteiger charge is -2.09. The third-order valence-electron chi connectivity index (χ3n) is 2.87. The first-order valence-corrected chi connectivity index (χ1v) is 6.58. The van der Waals surface area contributed by atoms with Gasteiger partial charge in [-0.1, -0.05) is 18.9 Å². The maximum atomic E-state index is 13.6. The number of carbonyl (C=O) groups excluding carboxylic acids is 1. The molecule has 1 rings (SSSR count). The number of rotatable bonds is 8. The van der Waals surface area contributed by atoms with Crippen LogP contribution in [0.5, 0.6) is 0 Å². The number of anilines is 1. The molecule has 1 aromatic carbocycles. The van der Waals surface area contributed by atoms with Gasteiger partial charge in [-0.05, 0) is 31.5 Å². The van der Waals surface area contributed by atoms with Crippen molar-refractivity contribution in [3.8, 4) is 0 Å². The lowest BCUT2D eigenvalue weighted by Crippen LogP contribution is -2.15. The fourth-order valence-corrected chi connectivity index (χ4v) is 1.81. The van der Waals surface area contributed by atoms with Crippen LogP contribution in [0.4, 0.5) is 10.1 Å². The third-order valence-corrected chi connectivity index (χ3v) is 2.87. The van der Waals surface area contributed by atoms with Gasteiger partial charge in [-0.15, -0.1) is 0 Å². The van der Waals surface area contributed by atoms with Crippen molar-refractivity contribution in [2.24, 2.45) is 5.73 Å². The van der Waals surface area contributed by atoms with Crippen LogP contribution >= 0.6 is 0 Å². The number of hydrogen-bond donors (Lipinski definition) is 3. The number of para-hydroxylation sites is 1. The number of hydrogen-bond acceptors (Lipinski definition) is 3.